The van der Waals surface area contributed by atoms with E-state index in [2.05, 4.69) is 21.8 Å². The van der Waals surface area contributed by atoms with Gasteiger partial charge in [0, 0.05) is 42.7 Å². The Morgan fingerprint density at radius 3 is 2.42 bits per heavy atom. The van der Waals surface area contributed by atoms with Crippen molar-refractivity contribution in [3.05, 3.63) is 83.8 Å². The van der Waals surface area contributed by atoms with E-state index in [0.29, 0.717) is 23.4 Å². The van der Waals surface area contributed by atoms with Crippen LogP contribution in [0.15, 0.2) is 67.0 Å². The highest BCUT2D eigenvalue weighted by Gasteiger charge is 2.24. The van der Waals surface area contributed by atoms with Gasteiger partial charge < -0.3 is 4.90 Å². The average molecular weight is 412 g/mol. The third kappa shape index (κ3) is 3.65. The molecule has 2 aromatic heterocycles. The van der Waals surface area contributed by atoms with Gasteiger partial charge in [0.05, 0.1) is 23.3 Å². The summed E-state index contributed by atoms with van der Waals surface area (Å²) >= 11 is 0. The van der Waals surface area contributed by atoms with Crippen molar-refractivity contribution in [2.45, 2.75) is 0 Å². The highest BCUT2D eigenvalue weighted by atomic mass is 16.1. The van der Waals surface area contributed by atoms with E-state index < -0.39 is 0 Å². The molecule has 0 spiro atoms. The molecule has 0 bridgehead atoms. The molecule has 1 aliphatic rings. The molecule has 2 aromatic carbocycles. The van der Waals surface area contributed by atoms with E-state index >= 15 is 0 Å². The number of carbonyl (C=O) groups is 2. The zero-order valence-electron chi connectivity index (χ0n) is 17.5. The van der Waals surface area contributed by atoms with Crippen LogP contribution in [0.2, 0.25) is 0 Å². The van der Waals surface area contributed by atoms with Gasteiger partial charge in [-0.25, -0.2) is 4.98 Å². The Morgan fingerprint density at radius 2 is 1.65 bits per heavy atom. The largest absolute Gasteiger partial charge is 0.304 e. The summed E-state index contributed by atoms with van der Waals surface area (Å²) in [5.41, 5.74) is 3.19. The van der Waals surface area contributed by atoms with Crippen LogP contribution >= 0.6 is 0 Å². The normalized spacial score (nSPS) is 15.5. The summed E-state index contributed by atoms with van der Waals surface area (Å²) in [4.78, 5) is 35.7. The quantitative estimate of drug-likeness (QED) is 0.472. The first kappa shape index (κ1) is 19.6. The number of piperazine rings is 1. The molecule has 1 fully saturated rings. The Morgan fingerprint density at radius 1 is 0.935 bits per heavy atom. The van der Waals surface area contributed by atoms with Crippen LogP contribution in [0.5, 0.6) is 0 Å². The number of rotatable bonds is 5. The number of aromatic nitrogens is 2. The lowest BCUT2D eigenvalue weighted by Crippen LogP contribution is -2.46. The number of fused-ring (bicyclic) bond motifs is 3. The summed E-state index contributed by atoms with van der Waals surface area (Å²) < 4.78 is 1.77. The SMILES string of the molecule is CN1CCN(CC(=O)c2cc(C(=O)c3ccccc3)n3cnc4ccccc4c23)CC1. The maximum absolute atomic E-state index is 13.4. The average Bonchev–Trinajstić information content (AvgIpc) is 3.21. The third-order valence-corrected chi connectivity index (χ3v) is 6.04. The Labute approximate surface area is 180 Å². The summed E-state index contributed by atoms with van der Waals surface area (Å²) in [5.74, 6) is -0.0863. The second kappa shape index (κ2) is 8.06. The van der Waals surface area contributed by atoms with Crippen molar-refractivity contribution in [2.75, 3.05) is 39.8 Å². The van der Waals surface area contributed by atoms with Crippen LogP contribution in [-0.4, -0.2) is 70.5 Å². The molecule has 5 rings (SSSR count). The molecule has 31 heavy (non-hydrogen) atoms. The van der Waals surface area contributed by atoms with Gasteiger partial charge in [-0.2, -0.15) is 0 Å². The smallest absolute Gasteiger partial charge is 0.209 e. The van der Waals surface area contributed by atoms with Crippen LogP contribution in [0.4, 0.5) is 0 Å². The molecule has 4 aromatic rings. The van der Waals surface area contributed by atoms with Gasteiger partial charge in [0.2, 0.25) is 5.78 Å². The molecule has 1 aliphatic heterocycles. The van der Waals surface area contributed by atoms with Gasteiger partial charge in [-0.05, 0) is 19.2 Å². The number of hydrogen-bond acceptors (Lipinski definition) is 5. The first-order valence-corrected chi connectivity index (χ1v) is 10.5. The van der Waals surface area contributed by atoms with Gasteiger partial charge in [0.1, 0.15) is 6.33 Å². The molecule has 6 nitrogen and oxygen atoms in total. The second-order valence-electron chi connectivity index (χ2n) is 8.12. The fourth-order valence-corrected chi connectivity index (χ4v) is 4.25. The predicted molar refractivity (Wildman–Crippen MR) is 121 cm³/mol. The van der Waals surface area contributed by atoms with E-state index in [1.807, 2.05) is 42.5 Å². The lowest BCUT2D eigenvalue weighted by molar-refractivity contribution is 0.0878. The molecule has 0 saturated carbocycles. The number of para-hydroxylation sites is 1. The van der Waals surface area contributed by atoms with Crippen LogP contribution < -0.4 is 0 Å². The fourth-order valence-electron chi connectivity index (χ4n) is 4.25. The van der Waals surface area contributed by atoms with Crippen LogP contribution in [-0.2, 0) is 0 Å². The van der Waals surface area contributed by atoms with E-state index in [1.165, 1.54) is 0 Å². The molecule has 0 unspecified atom stereocenters. The van der Waals surface area contributed by atoms with Crippen molar-refractivity contribution in [3.8, 4) is 0 Å². The number of benzene rings is 2. The molecule has 156 valence electrons. The third-order valence-electron chi connectivity index (χ3n) is 6.04. The molecule has 1 saturated heterocycles. The number of hydrogen-bond donors (Lipinski definition) is 0. The zero-order chi connectivity index (χ0) is 21.4. The van der Waals surface area contributed by atoms with E-state index in [4.69, 9.17) is 0 Å². The lowest BCUT2D eigenvalue weighted by Gasteiger charge is -2.31. The van der Waals surface area contributed by atoms with Crippen LogP contribution in [0, 0.1) is 0 Å². The van der Waals surface area contributed by atoms with Crippen molar-refractivity contribution in [1.29, 1.82) is 0 Å². The lowest BCUT2D eigenvalue weighted by atomic mass is 10.1. The predicted octanol–water partition coefficient (Wildman–Crippen LogP) is 3.15. The maximum Gasteiger partial charge on any atom is 0.209 e. The van der Waals surface area contributed by atoms with E-state index in [0.717, 1.165) is 42.6 Å². The number of carbonyl (C=O) groups excluding carboxylic acids is 2. The highest BCUT2D eigenvalue weighted by Crippen LogP contribution is 2.27. The fraction of sp³-hybridized carbons (Fsp3) is 0.240. The van der Waals surface area contributed by atoms with E-state index in [1.54, 1.807) is 28.9 Å². The summed E-state index contributed by atoms with van der Waals surface area (Å²) in [6.45, 7) is 3.99. The van der Waals surface area contributed by atoms with E-state index in [-0.39, 0.29) is 11.6 Å². The van der Waals surface area contributed by atoms with Crippen molar-refractivity contribution in [3.63, 3.8) is 0 Å². The Hall–Kier alpha value is -3.35. The van der Waals surface area contributed by atoms with E-state index in [9.17, 15) is 9.59 Å². The molecule has 0 radical (unpaired) electrons. The van der Waals surface area contributed by atoms with Gasteiger partial charge >= 0.3 is 0 Å². The number of likely N-dealkylation sites (N-methyl/N-ethyl adjacent to an activating group) is 1. The van der Waals surface area contributed by atoms with Gasteiger partial charge in [0.15, 0.2) is 5.78 Å². The Bertz CT molecular complexity index is 1270. The minimum absolute atomic E-state index is 0.0329. The minimum Gasteiger partial charge on any atom is -0.304 e. The van der Waals surface area contributed by atoms with Crippen LogP contribution in [0.1, 0.15) is 26.4 Å². The first-order valence-electron chi connectivity index (χ1n) is 10.5. The van der Waals surface area contributed by atoms with Crippen molar-refractivity contribution in [2.24, 2.45) is 0 Å². The molecule has 0 amide bonds. The number of Topliss-reactive ketones (excluding diaryl/α,β-unsaturated/α-hetero) is 1. The standard InChI is InChI=1S/C25H24N4O2/c1-27-11-13-28(14-12-27)16-23(30)20-15-22(25(31)18-7-3-2-4-8-18)29-17-26-21-10-6-5-9-19(21)24(20)29/h2-10,15,17H,11-14,16H2,1H3. The van der Waals surface area contributed by atoms with Crippen LogP contribution in [0.3, 0.4) is 0 Å². The monoisotopic (exact) mass is 412 g/mol. The Kier molecular flexibility index (Phi) is 5.10. The summed E-state index contributed by atoms with van der Waals surface area (Å²) in [5, 5.41) is 0.874. The summed E-state index contributed by atoms with van der Waals surface area (Å²) in [7, 11) is 2.10. The summed E-state index contributed by atoms with van der Waals surface area (Å²) in [6.07, 6.45) is 1.65. The molecular weight excluding hydrogens is 388 g/mol. The van der Waals surface area contributed by atoms with Gasteiger partial charge in [-0.15, -0.1) is 0 Å². The van der Waals surface area contributed by atoms with Gasteiger partial charge in [-0.3, -0.25) is 18.9 Å². The highest BCUT2D eigenvalue weighted by molar-refractivity contribution is 6.16. The minimum atomic E-state index is -0.119. The van der Waals surface area contributed by atoms with Crippen molar-refractivity contribution in [1.82, 2.24) is 19.2 Å². The first-order chi connectivity index (χ1) is 15.1. The molecule has 6 heteroatoms. The molecule has 0 N–H and O–H groups in total. The molecule has 0 aliphatic carbocycles. The zero-order valence-corrected chi connectivity index (χ0v) is 17.5. The van der Waals surface area contributed by atoms with Crippen molar-refractivity contribution < 1.29 is 9.59 Å². The molecule has 3 heterocycles. The Balaban J connectivity index is 1.62. The molecule has 0 atom stereocenters. The topological polar surface area (TPSA) is 57.9 Å². The van der Waals surface area contributed by atoms with Crippen LogP contribution in [0.25, 0.3) is 16.4 Å². The van der Waals surface area contributed by atoms with Gasteiger partial charge in [0.25, 0.3) is 0 Å². The molecular formula is C25H24N4O2. The maximum atomic E-state index is 13.4. The number of nitrogens with zero attached hydrogens (tertiary/aromatic N) is 4. The van der Waals surface area contributed by atoms with Gasteiger partial charge in [-0.1, -0.05) is 48.5 Å². The second-order valence-corrected chi connectivity index (χ2v) is 8.12. The number of ketones is 2. The summed E-state index contributed by atoms with van der Waals surface area (Å²) in [6, 6.07) is 18.7. The van der Waals surface area contributed by atoms with Crippen molar-refractivity contribution >= 4 is 28.0 Å².